The molecule has 0 radical (unpaired) electrons. The van der Waals surface area contributed by atoms with Crippen LogP contribution in [-0.4, -0.2) is 60.2 Å². The van der Waals surface area contributed by atoms with E-state index >= 15 is 0 Å². The minimum Gasteiger partial charge on any atom is -0.378 e. The summed E-state index contributed by atoms with van der Waals surface area (Å²) in [6, 6.07) is 2.03. The molecule has 1 aromatic rings. The van der Waals surface area contributed by atoms with E-state index < -0.39 is 0 Å². The van der Waals surface area contributed by atoms with E-state index in [1.165, 1.54) is 12.8 Å². The fraction of sp³-hybridized carbons (Fsp3) is 0.688. The number of anilines is 1. The van der Waals surface area contributed by atoms with Gasteiger partial charge < -0.3 is 14.5 Å². The maximum absolute atomic E-state index is 12.4. The molecule has 6 nitrogen and oxygen atoms in total. The van der Waals surface area contributed by atoms with Crippen LogP contribution in [0.5, 0.6) is 0 Å². The van der Waals surface area contributed by atoms with Gasteiger partial charge >= 0.3 is 0 Å². The fourth-order valence-electron chi connectivity index (χ4n) is 3.12. The van der Waals surface area contributed by atoms with E-state index in [-0.39, 0.29) is 11.8 Å². The first-order valence-corrected chi connectivity index (χ1v) is 8.18. The molecule has 1 saturated carbocycles. The maximum Gasteiger partial charge on any atom is 0.229 e. The molecular weight excluding hydrogens is 280 g/mol. The van der Waals surface area contributed by atoms with Crippen LogP contribution >= 0.6 is 0 Å². The highest BCUT2D eigenvalue weighted by Gasteiger charge is 2.37. The average Bonchev–Trinajstić information content (AvgIpc) is 3.30. The van der Waals surface area contributed by atoms with Crippen LogP contribution < -0.4 is 4.90 Å². The number of nitrogens with zero attached hydrogens (tertiary/aromatic N) is 4. The zero-order valence-corrected chi connectivity index (χ0v) is 13.0. The molecule has 0 spiro atoms. The van der Waals surface area contributed by atoms with Gasteiger partial charge in [0.2, 0.25) is 5.91 Å². The summed E-state index contributed by atoms with van der Waals surface area (Å²) >= 11 is 0. The fourth-order valence-corrected chi connectivity index (χ4v) is 3.12. The molecule has 0 N–H and O–H groups in total. The van der Waals surface area contributed by atoms with Crippen molar-refractivity contribution in [1.29, 1.82) is 0 Å². The molecule has 0 atom stereocenters. The lowest BCUT2D eigenvalue weighted by Gasteiger charge is -2.42. The van der Waals surface area contributed by atoms with Gasteiger partial charge in [-0.05, 0) is 19.8 Å². The summed E-state index contributed by atoms with van der Waals surface area (Å²) in [5.74, 6) is 2.91. The largest absolute Gasteiger partial charge is 0.378 e. The highest BCUT2D eigenvalue weighted by Crippen LogP contribution is 2.39. The third-order valence-electron chi connectivity index (χ3n) is 4.68. The van der Waals surface area contributed by atoms with Gasteiger partial charge in [0.15, 0.2) is 0 Å². The Morgan fingerprint density at radius 1 is 1.23 bits per heavy atom. The van der Waals surface area contributed by atoms with E-state index in [4.69, 9.17) is 9.72 Å². The molecule has 0 unspecified atom stereocenters. The molecule has 22 heavy (non-hydrogen) atoms. The van der Waals surface area contributed by atoms with Gasteiger partial charge in [0, 0.05) is 43.9 Å². The van der Waals surface area contributed by atoms with Gasteiger partial charge in [-0.3, -0.25) is 4.79 Å². The zero-order chi connectivity index (χ0) is 15.1. The molecule has 1 aromatic heterocycles. The minimum atomic E-state index is 0.109. The number of aryl methyl sites for hydroxylation is 1. The Hall–Kier alpha value is -1.69. The Balaban J connectivity index is 1.39. The molecule has 2 aliphatic heterocycles. The van der Waals surface area contributed by atoms with Crippen molar-refractivity contribution in [2.45, 2.75) is 25.7 Å². The Labute approximate surface area is 130 Å². The van der Waals surface area contributed by atoms with Gasteiger partial charge in [0.1, 0.15) is 11.6 Å². The van der Waals surface area contributed by atoms with Crippen LogP contribution in [0.15, 0.2) is 6.07 Å². The molecule has 2 saturated heterocycles. The van der Waals surface area contributed by atoms with Crippen LogP contribution in [0, 0.1) is 12.8 Å². The number of hydrogen-bond acceptors (Lipinski definition) is 5. The summed E-state index contributed by atoms with van der Waals surface area (Å²) in [5.41, 5.74) is 1.02. The number of carbonyl (C=O) groups excluding carboxylic acids is 1. The highest BCUT2D eigenvalue weighted by molar-refractivity contribution is 5.82. The monoisotopic (exact) mass is 302 g/mol. The number of rotatable bonds is 3. The molecule has 0 aromatic carbocycles. The predicted octanol–water partition coefficient (Wildman–Crippen LogP) is 0.957. The summed E-state index contributed by atoms with van der Waals surface area (Å²) in [7, 11) is 0. The number of hydrogen-bond donors (Lipinski definition) is 0. The van der Waals surface area contributed by atoms with Crippen LogP contribution in [0.4, 0.5) is 5.82 Å². The standard InChI is InChI=1S/C16H22N4O2/c1-11-8-14(18-15(17-11)12-2-3-12)20-9-13(10-20)16(21)19-4-6-22-7-5-19/h8,12-13H,2-7,9-10H2,1H3. The predicted molar refractivity (Wildman–Crippen MR) is 81.8 cm³/mol. The van der Waals surface area contributed by atoms with E-state index in [0.717, 1.165) is 43.5 Å². The van der Waals surface area contributed by atoms with Crippen molar-refractivity contribution < 1.29 is 9.53 Å². The number of morpholine rings is 1. The van der Waals surface area contributed by atoms with Crippen LogP contribution in [0.25, 0.3) is 0 Å². The van der Waals surface area contributed by atoms with Gasteiger partial charge in [-0.15, -0.1) is 0 Å². The third kappa shape index (κ3) is 2.67. The Morgan fingerprint density at radius 3 is 2.64 bits per heavy atom. The molecule has 0 bridgehead atoms. The number of ether oxygens (including phenoxy) is 1. The second-order valence-corrected chi connectivity index (χ2v) is 6.54. The van der Waals surface area contributed by atoms with Gasteiger partial charge in [-0.1, -0.05) is 0 Å². The van der Waals surface area contributed by atoms with Crippen molar-refractivity contribution in [2.75, 3.05) is 44.3 Å². The highest BCUT2D eigenvalue weighted by atomic mass is 16.5. The number of amides is 1. The summed E-state index contributed by atoms with van der Waals surface area (Å²) in [6.07, 6.45) is 2.42. The van der Waals surface area contributed by atoms with E-state index in [9.17, 15) is 4.79 Å². The minimum absolute atomic E-state index is 0.109. The summed E-state index contributed by atoms with van der Waals surface area (Å²) in [5, 5.41) is 0. The Kier molecular flexibility index (Phi) is 3.48. The van der Waals surface area contributed by atoms with Crippen LogP contribution in [-0.2, 0) is 9.53 Å². The van der Waals surface area contributed by atoms with Crippen molar-refractivity contribution in [3.8, 4) is 0 Å². The van der Waals surface area contributed by atoms with Crippen LogP contribution in [0.2, 0.25) is 0 Å². The average molecular weight is 302 g/mol. The second-order valence-electron chi connectivity index (χ2n) is 6.54. The van der Waals surface area contributed by atoms with E-state index in [2.05, 4.69) is 9.88 Å². The summed E-state index contributed by atoms with van der Waals surface area (Å²) in [4.78, 5) is 25.8. The lowest BCUT2D eigenvalue weighted by molar-refractivity contribution is -0.140. The van der Waals surface area contributed by atoms with Crippen molar-refractivity contribution in [3.05, 3.63) is 17.6 Å². The lowest BCUT2D eigenvalue weighted by Crippen LogP contribution is -2.56. The van der Waals surface area contributed by atoms with E-state index in [1.807, 2.05) is 17.9 Å². The quantitative estimate of drug-likeness (QED) is 0.832. The van der Waals surface area contributed by atoms with Gasteiger partial charge in [-0.25, -0.2) is 9.97 Å². The van der Waals surface area contributed by atoms with Gasteiger partial charge in [-0.2, -0.15) is 0 Å². The molecule has 118 valence electrons. The Morgan fingerprint density at radius 2 is 1.95 bits per heavy atom. The molecule has 4 rings (SSSR count). The first-order chi connectivity index (χ1) is 10.7. The maximum atomic E-state index is 12.4. The molecule has 3 fully saturated rings. The van der Waals surface area contributed by atoms with E-state index in [0.29, 0.717) is 19.1 Å². The van der Waals surface area contributed by atoms with Crippen molar-refractivity contribution >= 4 is 11.7 Å². The summed E-state index contributed by atoms with van der Waals surface area (Å²) < 4.78 is 5.31. The second kappa shape index (κ2) is 5.50. The topological polar surface area (TPSA) is 58.6 Å². The molecule has 3 aliphatic rings. The van der Waals surface area contributed by atoms with E-state index in [1.54, 1.807) is 0 Å². The first kappa shape index (κ1) is 13.9. The number of carbonyl (C=O) groups is 1. The third-order valence-corrected chi connectivity index (χ3v) is 4.68. The van der Waals surface area contributed by atoms with Crippen molar-refractivity contribution in [2.24, 2.45) is 5.92 Å². The normalized spacial score (nSPS) is 22.6. The van der Waals surface area contributed by atoms with Gasteiger partial charge in [0.05, 0.1) is 19.1 Å². The molecule has 1 aliphatic carbocycles. The SMILES string of the molecule is Cc1cc(N2CC(C(=O)N3CCOCC3)C2)nc(C2CC2)n1. The molecular formula is C16H22N4O2. The molecule has 1 amide bonds. The van der Waals surface area contributed by atoms with Crippen molar-refractivity contribution in [1.82, 2.24) is 14.9 Å². The van der Waals surface area contributed by atoms with Crippen LogP contribution in [0.1, 0.15) is 30.3 Å². The number of aromatic nitrogens is 2. The van der Waals surface area contributed by atoms with Crippen molar-refractivity contribution in [3.63, 3.8) is 0 Å². The first-order valence-electron chi connectivity index (χ1n) is 8.18. The molecule has 3 heterocycles. The molecule has 6 heteroatoms. The summed E-state index contributed by atoms with van der Waals surface area (Å²) in [6.45, 7) is 6.36. The lowest BCUT2D eigenvalue weighted by atomic mass is 9.98. The Bertz CT molecular complexity index is 576. The van der Waals surface area contributed by atoms with Crippen LogP contribution in [0.3, 0.4) is 0 Å². The van der Waals surface area contributed by atoms with Gasteiger partial charge in [0.25, 0.3) is 0 Å². The smallest absolute Gasteiger partial charge is 0.229 e. The zero-order valence-electron chi connectivity index (χ0n) is 13.0.